The molecular formula is C20H26ClN3O3. The number of rotatable bonds is 10. The van der Waals surface area contributed by atoms with Crippen molar-refractivity contribution in [3.8, 4) is 5.75 Å². The van der Waals surface area contributed by atoms with E-state index < -0.39 is 0 Å². The van der Waals surface area contributed by atoms with Crippen LogP contribution in [0.5, 0.6) is 5.75 Å². The number of methoxy groups -OCH3 is 1. The molecule has 2 rings (SSSR count). The quantitative estimate of drug-likeness (QED) is 0.600. The predicted octanol–water partition coefficient (Wildman–Crippen LogP) is 4.01. The number of nitrogens with one attached hydrogen (secondary N) is 2. The highest BCUT2D eigenvalue weighted by Gasteiger charge is 2.06. The van der Waals surface area contributed by atoms with Gasteiger partial charge in [-0.1, -0.05) is 29.8 Å². The van der Waals surface area contributed by atoms with E-state index >= 15 is 0 Å². The highest BCUT2D eigenvalue weighted by atomic mass is 35.5. The van der Waals surface area contributed by atoms with Gasteiger partial charge in [0.05, 0.1) is 11.6 Å². The lowest BCUT2D eigenvalue weighted by Gasteiger charge is -2.19. The molecule has 0 fully saturated rings. The number of nitrogens with zero attached hydrogens (tertiary/aromatic N) is 1. The molecule has 0 aliphatic rings. The molecule has 27 heavy (non-hydrogen) atoms. The Morgan fingerprint density at radius 1 is 1.15 bits per heavy atom. The van der Waals surface area contributed by atoms with E-state index in [1.807, 2.05) is 25.2 Å². The van der Waals surface area contributed by atoms with Gasteiger partial charge < -0.3 is 25.0 Å². The average molecular weight is 392 g/mol. The average Bonchev–Trinajstić information content (AvgIpc) is 2.67. The number of anilines is 2. The molecule has 0 aromatic heterocycles. The zero-order chi connectivity index (χ0) is 19.5. The highest BCUT2D eigenvalue weighted by Crippen LogP contribution is 2.27. The Morgan fingerprint density at radius 3 is 2.63 bits per heavy atom. The van der Waals surface area contributed by atoms with E-state index in [0.717, 1.165) is 18.7 Å². The van der Waals surface area contributed by atoms with Gasteiger partial charge >= 0.3 is 6.03 Å². The second kappa shape index (κ2) is 11.3. The number of hydrogen-bond acceptors (Lipinski definition) is 4. The van der Waals surface area contributed by atoms with Crippen LogP contribution in [0.1, 0.15) is 6.42 Å². The number of para-hydroxylation sites is 1. The van der Waals surface area contributed by atoms with Gasteiger partial charge in [0.15, 0.2) is 0 Å². The smallest absolute Gasteiger partial charge is 0.319 e. The van der Waals surface area contributed by atoms with Crippen LogP contribution >= 0.6 is 11.6 Å². The largest absolute Gasteiger partial charge is 0.490 e. The minimum absolute atomic E-state index is 0.263. The van der Waals surface area contributed by atoms with E-state index in [4.69, 9.17) is 21.1 Å². The maximum atomic E-state index is 12.0. The zero-order valence-electron chi connectivity index (χ0n) is 15.7. The Bertz CT molecular complexity index is 713. The predicted molar refractivity (Wildman–Crippen MR) is 110 cm³/mol. The fourth-order valence-electron chi connectivity index (χ4n) is 2.44. The minimum atomic E-state index is -0.263. The Balaban J connectivity index is 1.70. The van der Waals surface area contributed by atoms with E-state index in [9.17, 15) is 4.79 Å². The van der Waals surface area contributed by atoms with Crippen LogP contribution < -0.4 is 20.3 Å². The number of hydrogen-bond donors (Lipinski definition) is 2. The molecule has 2 aromatic rings. The van der Waals surface area contributed by atoms with E-state index in [0.29, 0.717) is 36.2 Å². The molecule has 0 spiro atoms. The second-order valence-electron chi connectivity index (χ2n) is 5.98. The Labute approximate surface area is 165 Å². The molecule has 0 unspecified atom stereocenters. The summed E-state index contributed by atoms with van der Waals surface area (Å²) in [6, 6.07) is 15.0. The summed E-state index contributed by atoms with van der Waals surface area (Å²) in [6.07, 6.45) is 0.839. The summed E-state index contributed by atoms with van der Waals surface area (Å²) >= 11 is 6.17. The van der Waals surface area contributed by atoms with Crippen molar-refractivity contribution in [2.24, 2.45) is 0 Å². The molecule has 6 nitrogen and oxygen atoms in total. The number of carbonyl (C=O) groups excluding carboxylic acids is 1. The first-order valence-electron chi connectivity index (χ1n) is 8.82. The van der Waals surface area contributed by atoms with Gasteiger partial charge in [-0.25, -0.2) is 4.79 Å². The molecule has 0 saturated heterocycles. The van der Waals surface area contributed by atoms with E-state index in [-0.39, 0.29) is 6.03 Å². The van der Waals surface area contributed by atoms with Crippen molar-refractivity contribution in [3.05, 3.63) is 53.6 Å². The van der Waals surface area contributed by atoms with Crippen LogP contribution in [0.2, 0.25) is 5.02 Å². The summed E-state index contributed by atoms with van der Waals surface area (Å²) in [6.45, 7) is 2.33. The standard InChI is InChI=1S/C20H26ClN3O3/c1-24(17-7-4-3-5-8-17)12-6-11-22-20(25)23-16-9-10-19(18(21)15-16)27-14-13-26-2/h3-5,7-10,15H,6,11-14H2,1-2H3,(H2,22,23,25). The monoisotopic (exact) mass is 391 g/mol. The third kappa shape index (κ3) is 7.37. The molecule has 0 aliphatic heterocycles. The summed E-state index contributed by atoms with van der Waals surface area (Å²) in [5.41, 5.74) is 1.77. The molecule has 2 N–H and O–H groups in total. The van der Waals surface area contributed by atoms with Gasteiger partial charge in [-0.15, -0.1) is 0 Å². The number of benzene rings is 2. The van der Waals surface area contributed by atoms with Gasteiger partial charge in [-0.05, 0) is 36.8 Å². The first-order valence-corrected chi connectivity index (χ1v) is 9.20. The van der Waals surface area contributed by atoms with Gasteiger partial charge in [0.1, 0.15) is 12.4 Å². The summed E-state index contributed by atoms with van der Waals surface area (Å²) in [4.78, 5) is 14.2. The van der Waals surface area contributed by atoms with Gasteiger partial charge in [-0.2, -0.15) is 0 Å². The topological polar surface area (TPSA) is 62.8 Å². The molecule has 0 atom stereocenters. The van der Waals surface area contributed by atoms with E-state index in [1.54, 1.807) is 25.3 Å². The van der Waals surface area contributed by atoms with Crippen molar-refractivity contribution in [1.29, 1.82) is 0 Å². The van der Waals surface area contributed by atoms with Crippen molar-refractivity contribution in [2.45, 2.75) is 6.42 Å². The van der Waals surface area contributed by atoms with Crippen molar-refractivity contribution < 1.29 is 14.3 Å². The summed E-state index contributed by atoms with van der Waals surface area (Å²) < 4.78 is 10.4. The third-order valence-corrected chi connectivity index (χ3v) is 4.18. The van der Waals surface area contributed by atoms with Gasteiger partial charge in [0.2, 0.25) is 0 Å². The van der Waals surface area contributed by atoms with E-state index in [1.165, 1.54) is 0 Å². The maximum Gasteiger partial charge on any atom is 0.319 e. The fraction of sp³-hybridized carbons (Fsp3) is 0.350. The molecule has 2 amide bonds. The third-order valence-electron chi connectivity index (χ3n) is 3.89. The van der Waals surface area contributed by atoms with Gasteiger partial charge in [0.25, 0.3) is 0 Å². The normalized spacial score (nSPS) is 10.3. The zero-order valence-corrected chi connectivity index (χ0v) is 16.5. The Hall–Kier alpha value is -2.44. The summed E-state index contributed by atoms with van der Waals surface area (Å²) in [7, 11) is 3.64. The number of urea groups is 1. The SMILES string of the molecule is COCCOc1ccc(NC(=O)NCCCN(C)c2ccccc2)cc1Cl. The maximum absolute atomic E-state index is 12.0. The lowest BCUT2D eigenvalue weighted by molar-refractivity contribution is 0.146. The fourth-order valence-corrected chi connectivity index (χ4v) is 2.67. The molecular weight excluding hydrogens is 366 g/mol. The number of ether oxygens (including phenoxy) is 2. The van der Waals surface area contributed by atoms with Crippen LogP contribution in [0.4, 0.5) is 16.2 Å². The first kappa shape index (κ1) is 20.9. The molecule has 0 heterocycles. The van der Waals surface area contributed by atoms with Crippen LogP contribution in [0.15, 0.2) is 48.5 Å². The lowest BCUT2D eigenvalue weighted by Crippen LogP contribution is -2.31. The van der Waals surface area contributed by atoms with E-state index in [2.05, 4.69) is 27.7 Å². The van der Waals surface area contributed by atoms with Crippen LogP contribution in [0.3, 0.4) is 0 Å². The van der Waals surface area contributed by atoms with Crippen LogP contribution in [0.25, 0.3) is 0 Å². The summed E-state index contributed by atoms with van der Waals surface area (Å²) in [5.74, 6) is 0.559. The molecule has 0 radical (unpaired) electrons. The molecule has 146 valence electrons. The van der Waals surface area contributed by atoms with Crippen molar-refractivity contribution in [2.75, 3.05) is 50.7 Å². The number of amides is 2. The number of carbonyl (C=O) groups is 1. The molecule has 7 heteroatoms. The Kier molecular flexibility index (Phi) is 8.74. The Morgan fingerprint density at radius 2 is 1.93 bits per heavy atom. The van der Waals surface area contributed by atoms with Crippen molar-refractivity contribution in [3.63, 3.8) is 0 Å². The van der Waals surface area contributed by atoms with Crippen molar-refractivity contribution in [1.82, 2.24) is 5.32 Å². The molecule has 0 saturated carbocycles. The first-order chi connectivity index (χ1) is 13.1. The lowest BCUT2D eigenvalue weighted by atomic mass is 10.3. The summed E-state index contributed by atoms with van der Waals surface area (Å²) in [5, 5.41) is 6.05. The van der Waals surface area contributed by atoms with Crippen LogP contribution in [-0.2, 0) is 4.74 Å². The second-order valence-corrected chi connectivity index (χ2v) is 6.39. The number of halogens is 1. The molecule has 0 bridgehead atoms. The van der Waals surface area contributed by atoms with Crippen LogP contribution in [0, 0.1) is 0 Å². The highest BCUT2D eigenvalue weighted by molar-refractivity contribution is 6.32. The van der Waals surface area contributed by atoms with Crippen LogP contribution in [-0.4, -0.2) is 46.5 Å². The van der Waals surface area contributed by atoms with Crippen molar-refractivity contribution >= 4 is 29.0 Å². The van der Waals surface area contributed by atoms with Gasteiger partial charge in [0, 0.05) is 38.6 Å². The molecule has 0 aliphatic carbocycles. The minimum Gasteiger partial charge on any atom is -0.490 e. The molecule has 2 aromatic carbocycles. The van der Waals surface area contributed by atoms with Gasteiger partial charge in [-0.3, -0.25) is 0 Å².